The molecule has 1 aliphatic rings. The fourth-order valence-corrected chi connectivity index (χ4v) is 4.19. The van der Waals surface area contributed by atoms with Crippen molar-refractivity contribution in [1.82, 2.24) is 0 Å². The number of esters is 1. The van der Waals surface area contributed by atoms with Crippen molar-refractivity contribution in [3.05, 3.63) is 92.8 Å². The second kappa shape index (κ2) is 9.56. The van der Waals surface area contributed by atoms with Crippen molar-refractivity contribution in [3.8, 4) is 29.1 Å². The number of allylic oxidation sites excluding steroid dienone is 1. The van der Waals surface area contributed by atoms with E-state index < -0.39 is 11.9 Å². The summed E-state index contributed by atoms with van der Waals surface area (Å²) in [4.78, 5) is 12.6. The summed E-state index contributed by atoms with van der Waals surface area (Å²) in [5, 5.41) is 10.4. The Kier molecular flexibility index (Phi) is 6.55. The normalized spacial score (nSPS) is 14.5. The zero-order valence-electron chi connectivity index (χ0n) is 18.1. The Labute approximate surface area is 205 Å². The lowest BCUT2D eigenvalue weighted by atomic mass is 9.83. The number of nitrogens with zero attached hydrogens (tertiary/aromatic N) is 1. The number of nitrogens with two attached hydrogens (primary N) is 1. The topological polar surface area (TPSA) is 104 Å². The average molecular weight is 497 g/mol. The van der Waals surface area contributed by atoms with Gasteiger partial charge in [-0.2, -0.15) is 5.26 Å². The second-order valence-electron chi connectivity index (χ2n) is 7.25. The van der Waals surface area contributed by atoms with Crippen LogP contribution in [0.4, 0.5) is 0 Å². The first kappa shape index (κ1) is 23.3. The van der Waals surface area contributed by atoms with Gasteiger partial charge in [-0.3, -0.25) is 0 Å². The van der Waals surface area contributed by atoms with E-state index in [2.05, 4.69) is 6.07 Å². The predicted molar refractivity (Wildman–Crippen MR) is 127 cm³/mol. The maximum atomic E-state index is 12.6. The number of nitriles is 1. The Morgan fingerprint density at radius 1 is 1.00 bits per heavy atom. The molecule has 1 heterocycles. The van der Waals surface area contributed by atoms with Gasteiger partial charge >= 0.3 is 5.97 Å². The van der Waals surface area contributed by atoms with E-state index in [0.717, 1.165) is 0 Å². The van der Waals surface area contributed by atoms with Gasteiger partial charge in [-0.15, -0.1) is 0 Å². The lowest BCUT2D eigenvalue weighted by molar-refractivity contribution is 0.0734. The molecular formula is C25H18Cl2N2O5. The molecule has 1 aliphatic heterocycles. The highest BCUT2D eigenvalue weighted by molar-refractivity contribution is 6.36. The molecule has 0 saturated heterocycles. The molecule has 172 valence electrons. The summed E-state index contributed by atoms with van der Waals surface area (Å²) in [5.74, 6) is 0.364. The van der Waals surface area contributed by atoms with Crippen LogP contribution in [0.2, 0.25) is 10.0 Å². The summed E-state index contributed by atoms with van der Waals surface area (Å²) >= 11 is 12.0. The van der Waals surface area contributed by atoms with Crippen molar-refractivity contribution >= 4 is 29.2 Å². The lowest BCUT2D eigenvalue weighted by Gasteiger charge is -2.28. The number of methoxy groups -OCH3 is 2. The first-order valence-corrected chi connectivity index (χ1v) is 10.7. The van der Waals surface area contributed by atoms with Crippen molar-refractivity contribution in [2.24, 2.45) is 5.73 Å². The minimum absolute atomic E-state index is 0.0610. The van der Waals surface area contributed by atoms with Crippen LogP contribution in [0, 0.1) is 11.3 Å². The molecule has 1 atom stereocenters. The number of benzene rings is 3. The van der Waals surface area contributed by atoms with Crippen molar-refractivity contribution in [1.29, 1.82) is 5.26 Å². The van der Waals surface area contributed by atoms with E-state index in [1.165, 1.54) is 25.3 Å². The smallest absolute Gasteiger partial charge is 0.345 e. The summed E-state index contributed by atoms with van der Waals surface area (Å²) in [6.07, 6.45) is 0. The molecule has 0 bridgehead atoms. The Bertz CT molecular complexity index is 1360. The van der Waals surface area contributed by atoms with E-state index in [-0.39, 0.29) is 27.8 Å². The van der Waals surface area contributed by atoms with Gasteiger partial charge < -0.3 is 24.7 Å². The SMILES string of the molecule is COc1ccc(OC)c(C2C(C#N)=C(N)Oc3cc(OC(=O)c4ccc(Cl)cc4Cl)ccc32)c1. The molecule has 0 radical (unpaired) electrons. The molecule has 0 fully saturated rings. The highest BCUT2D eigenvalue weighted by atomic mass is 35.5. The largest absolute Gasteiger partial charge is 0.497 e. The number of fused-ring (bicyclic) bond motifs is 1. The van der Waals surface area contributed by atoms with Crippen LogP contribution < -0.4 is 24.7 Å². The molecule has 0 aliphatic carbocycles. The van der Waals surface area contributed by atoms with E-state index in [9.17, 15) is 10.1 Å². The molecule has 2 N–H and O–H groups in total. The maximum absolute atomic E-state index is 12.6. The monoisotopic (exact) mass is 496 g/mol. The van der Waals surface area contributed by atoms with Crippen molar-refractivity contribution in [3.63, 3.8) is 0 Å². The highest BCUT2D eigenvalue weighted by Crippen LogP contribution is 2.46. The third kappa shape index (κ3) is 4.34. The number of ether oxygens (including phenoxy) is 4. The van der Waals surface area contributed by atoms with Crippen LogP contribution in [-0.2, 0) is 0 Å². The average Bonchev–Trinajstić information content (AvgIpc) is 2.82. The van der Waals surface area contributed by atoms with Gasteiger partial charge in [0.15, 0.2) is 0 Å². The molecule has 3 aromatic carbocycles. The molecule has 7 nitrogen and oxygen atoms in total. The van der Waals surface area contributed by atoms with E-state index in [4.69, 9.17) is 47.9 Å². The third-order valence-corrected chi connectivity index (χ3v) is 5.85. The minimum Gasteiger partial charge on any atom is -0.497 e. The zero-order valence-corrected chi connectivity index (χ0v) is 19.6. The second-order valence-corrected chi connectivity index (χ2v) is 8.09. The van der Waals surface area contributed by atoms with Gasteiger partial charge in [-0.05, 0) is 42.5 Å². The van der Waals surface area contributed by atoms with Crippen LogP contribution in [0.3, 0.4) is 0 Å². The van der Waals surface area contributed by atoms with Crippen molar-refractivity contribution in [2.75, 3.05) is 14.2 Å². The summed E-state index contributed by atoms with van der Waals surface area (Å²) in [5.41, 5.74) is 7.79. The molecule has 0 amide bonds. The maximum Gasteiger partial charge on any atom is 0.345 e. The van der Waals surface area contributed by atoms with E-state index >= 15 is 0 Å². The molecule has 0 saturated carbocycles. The number of halogens is 2. The van der Waals surface area contributed by atoms with Gasteiger partial charge in [-0.1, -0.05) is 29.3 Å². The molecular weight excluding hydrogens is 479 g/mol. The Balaban J connectivity index is 1.75. The Morgan fingerprint density at radius 3 is 2.44 bits per heavy atom. The molecule has 0 spiro atoms. The van der Waals surface area contributed by atoms with Gasteiger partial charge in [0.25, 0.3) is 0 Å². The van der Waals surface area contributed by atoms with Crippen LogP contribution >= 0.6 is 23.2 Å². The predicted octanol–water partition coefficient (Wildman–Crippen LogP) is 5.45. The van der Waals surface area contributed by atoms with Gasteiger partial charge in [0.1, 0.15) is 34.6 Å². The van der Waals surface area contributed by atoms with E-state index in [1.54, 1.807) is 43.5 Å². The number of carbonyl (C=O) groups excluding carboxylic acids is 1. The van der Waals surface area contributed by atoms with Gasteiger partial charge in [0.05, 0.1) is 30.7 Å². The third-order valence-electron chi connectivity index (χ3n) is 5.30. The van der Waals surface area contributed by atoms with Gasteiger partial charge in [0.2, 0.25) is 5.88 Å². The fraction of sp³-hybridized carbons (Fsp3) is 0.120. The van der Waals surface area contributed by atoms with Gasteiger partial charge in [0, 0.05) is 22.2 Å². The van der Waals surface area contributed by atoms with Crippen molar-refractivity contribution in [2.45, 2.75) is 5.92 Å². The number of hydrogen-bond acceptors (Lipinski definition) is 7. The number of rotatable bonds is 5. The lowest BCUT2D eigenvalue weighted by Crippen LogP contribution is -2.21. The summed E-state index contributed by atoms with van der Waals surface area (Å²) in [6, 6.07) is 16.7. The van der Waals surface area contributed by atoms with Crippen LogP contribution in [0.15, 0.2) is 66.1 Å². The Morgan fingerprint density at radius 2 is 1.76 bits per heavy atom. The summed E-state index contributed by atoms with van der Waals surface area (Å²) < 4.78 is 22.1. The fourth-order valence-electron chi connectivity index (χ4n) is 3.70. The summed E-state index contributed by atoms with van der Waals surface area (Å²) in [7, 11) is 3.08. The van der Waals surface area contributed by atoms with Crippen LogP contribution in [-0.4, -0.2) is 20.2 Å². The highest BCUT2D eigenvalue weighted by Gasteiger charge is 2.33. The number of carbonyl (C=O) groups is 1. The minimum atomic E-state index is -0.662. The molecule has 4 rings (SSSR count). The van der Waals surface area contributed by atoms with Crippen LogP contribution in [0.1, 0.15) is 27.4 Å². The standard InChI is InChI=1S/C25H18Cl2N2O5/c1-31-14-5-8-21(32-2)18(10-14)23-17-7-4-15(11-22(17)34-24(29)19(23)12-28)33-25(30)16-6-3-13(26)9-20(16)27/h3-11,23H,29H2,1-2H3. The molecule has 1 unspecified atom stereocenters. The zero-order chi connectivity index (χ0) is 24.4. The number of hydrogen-bond donors (Lipinski definition) is 1. The Hall–Kier alpha value is -3.86. The molecule has 9 heteroatoms. The van der Waals surface area contributed by atoms with Crippen molar-refractivity contribution < 1.29 is 23.7 Å². The van der Waals surface area contributed by atoms with Gasteiger partial charge in [-0.25, -0.2) is 4.79 Å². The van der Waals surface area contributed by atoms with E-state index in [1.807, 2.05) is 0 Å². The van der Waals surface area contributed by atoms with Crippen LogP contribution in [0.25, 0.3) is 0 Å². The first-order chi connectivity index (χ1) is 16.4. The van der Waals surface area contributed by atoms with E-state index in [0.29, 0.717) is 33.4 Å². The van der Waals surface area contributed by atoms with Crippen LogP contribution in [0.5, 0.6) is 23.0 Å². The summed E-state index contributed by atoms with van der Waals surface area (Å²) in [6.45, 7) is 0. The molecule has 3 aromatic rings. The quantitative estimate of drug-likeness (QED) is 0.369. The molecule has 34 heavy (non-hydrogen) atoms. The molecule has 0 aromatic heterocycles. The first-order valence-electron chi connectivity index (χ1n) is 9.97.